The van der Waals surface area contributed by atoms with Crippen molar-refractivity contribution in [1.82, 2.24) is 4.90 Å². The molecular weight excluding hydrogens is 298 g/mol. The Morgan fingerprint density at radius 1 is 0.958 bits per heavy atom. The van der Waals surface area contributed by atoms with Crippen molar-refractivity contribution in [2.75, 3.05) is 40.5 Å². The van der Waals surface area contributed by atoms with Gasteiger partial charge in [-0.2, -0.15) is 0 Å². The first kappa shape index (κ1) is 21.0. The monoisotopic (exact) mass is 335 g/mol. The lowest BCUT2D eigenvalue weighted by Gasteiger charge is -2.33. The van der Waals surface area contributed by atoms with Gasteiger partial charge in [0.15, 0.2) is 0 Å². The van der Waals surface area contributed by atoms with Gasteiger partial charge in [-0.1, -0.05) is 46.8 Å². The SMILES string of the molecule is Cc1cc(C(C)(C)CC(C)(C)C)ccc1OCCOCCN(C)C. The third kappa shape index (κ3) is 7.67. The van der Waals surface area contributed by atoms with Crippen molar-refractivity contribution in [3.63, 3.8) is 0 Å². The number of hydrogen-bond acceptors (Lipinski definition) is 3. The van der Waals surface area contributed by atoms with Crippen LogP contribution in [0.2, 0.25) is 0 Å². The Labute approximate surface area is 149 Å². The number of nitrogens with zero attached hydrogens (tertiary/aromatic N) is 1. The highest BCUT2D eigenvalue weighted by Gasteiger charge is 2.27. The molecule has 1 rings (SSSR count). The fourth-order valence-electron chi connectivity index (χ4n) is 3.22. The van der Waals surface area contributed by atoms with Crippen LogP contribution in [0.1, 0.15) is 52.2 Å². The molecule has 0 saturated carbocycles. The van der Waals surface area contributed by atoms with E-state index in [2.05, 4.69) is 64.6 Å². The zero-order chi connectivity index (χ0) is 18.4. The number of likely N-dealkylation sites (N-methyl/N-ethyl adjacent to an activating group) is 1. The summed E-state index contributed by atoms with van der Waals surface area (Å²) in [4.78, 5) is 2.11. The Kier molecular flexibility index (Phi) is 7.75. The molecule has 1 aromatic carbocycles. The Morgan fingerprint density at radius 3 is 2.17 bits per heavy atom. The molecule has 24 heavy (non-hydrogen) atoms. The van der Waals surface area contributed by atoms with Gasteiger partial charge in [0.25, 0.3) is 0 Å². The van der Waals surface area contributed by atoms with Crippen molar-refractivity contribution in [2.45, 2.75) is 53.4 Å². The van der Waals surface area contributed by atoms with Gasteiger partial charge in [0, 0.05) is 6.54 Å². The van der Waals surface area contributed by atoms with Crippen LogP contribution in [0.5, 0.6) is 5.75 Å². The first-order chi connectivity index (χ1) is 11.0. The normalized spacial score (nSPS) is 12.7. The van der Waals surface area contributed by atoms with Gasteiger partial charge in [0.05, 0.1) is 13.2 Å². The highest BCUT2D eigenvalue weighted by molar-refractivity contribution is 5.39. The summed E-state index contributed by atoms with van der Waals surface area (Å²) >= 11 is 0. The van der Waals surface area contributed by atoms with Gasteiger partial charge in [-0.3, -0.25) is 0 Å². The summed E-state index contributed by atoms with van der Waals surface area (Å²) in [6, 6.07) is 6.59. The second kappa shape index (κ2) is 8.87. The lowest BCUT2D eigenvalue weighted by molar-refractivity contribution is 0.0888. The molecule has 1 aromatic rings. The van der Waals surface area contributed by atoms with E-state index in [0.29, 0.717) is 18.6 Å². The van der Waals surface area contributed by atoms with Gasteiger partial charge >= 0.3 is 0 Å². The van der Waals surface area contributed by atoms with E-state index in [1.54, 1.807) is 0 Å². The Balaban J connectivity index is 2.55. The molecule has 0 N–H and O–H groups in total. The number of aryl methyl sites for hydroxylation is 1. The first-order valence-corrected chi connectivity index (χ1v) is 8.98. The molecule has 3 heteroatoms. The minimum absolute atomic E-state index is 0.164. The van der Waals surface area contributed by atoms with Crippen LogP contribution in [-0.2, 0) is 10.2 Å². The Morgan fingerprint density at radius 2 is 1.62 bits per heavy atom. The molecule has 3 nitrogen and oxygen atoms in total. The van der Waals surface area contributed by atoms with Crippen LogP contribution in [0, 0.1) is 12.3 Å². The van der Waals surface area contributed by atoms with Gasteiger partial charge in [-0.25, -0.2) is 0 Å². The molecule has 0 spiro atoms. The summed E-state index contributed by atoms with van der Waals surface area (Å²) in [5, 5.41) is 0. The van der Waals surface area contributed by atoms with Crippen molar-refractivity contribution in [1.29, 1.82) is 0 Å². The van der Waals surface area contributed by atoms with E-state index in [1.807, 2.05) is 14.1 Å². The molecule has 0 heterocycles. The molecule has 0 saturated heterocycles. The van der Waals surface area contributed by atoms with Crippen molar-refractivity contribution >= 4 is 0 Å². The molecule has 0 aliphatic heterocycles. The van der Waals surface area contributed by atoms with Crippen LogP contribution in [0.15, 0.2) is 18.2 Å². The molecule has 138 valence electrons. The molecule has 0 aromatic heterocycles. The van der Waals surface area contributed by atoms with Crippen LogP contribution in [0.4, 0.5) is 0 Å². The third-order valence-corrected chi connectivity index (χ3v) is 4.10. The second-order valence-corrected chi connectivity index (χ2v) is 8.87. The minimum Gasteiger partial charge on any atom is -0.491 e. The van der Waals surface area contributed by atoms with E-state index in [-0.39, 0.29) is 5.41 Å². The maximum Gasteiger partial charge on any atom is 0.122 e. The lowest BCUT2D eigenvalue weighted by atomic mass is 9.72. The van der Waals surface area contributed by atoms with Gasteiger partial charge < -0.3 is 14.4 Å². The topological polar surface area (TPSA) is 21.7 Å². The molecule has 0 bridgehead atoms. The maximum absolute atomic E-state index is 5.87. The molecular formula is C21H37NO2. The average molecular weight is 336 g/mol. The van der Waals surface area contributed by atoms with Gasteiger partial charge in [-0.15, -0.1) is 0 Å². The summed E-state index contributed by atoms with van der Waals surface area (Å²) in [5.41, 5.74) is 3.06. The van der Waals surface area contributed by atoms with Crippen LogP contribution in [-0.4, -0.2) is 45.4 Å². The number of benzene rings is 1. The predicted molar refractivity (Wildman–Crippen MR) is 103 cm³/mol. The summed E-state index contributed by atoms with van der Waals surface area (Å²) < 4.78 is 11.4. The number of rotatable bonds is 9. The maximum atomic E-state index is 5.87. The molecule has 0 unspecified atom stereocenters. The van der Waals surface area contributed by atoms with Gasteiger partial charge in [0.1, 0.15) is 12.4 Å². The Bertz CT molecular complexity index is 501. The molecule has 0 aliphatic carbocycles. The van der Waals surface area contributed by atoms with E-state index >= 15 is 0 Å². The fraction of sp³-hybridized carbons (Fsp3) is 0.714. The molecule has 0 aliphatic rings. The fourth-order valence-corrected chi connectivity index (χ4v) is 3.22. The molecule has 0 atom stereocenters. The van der Waals surface area contributed by atoms with Crippen molar-refractivity contribution in [3.05, 3.63) is 29.3 Å². The van der Waals surface area contributed by atoms with E-state index in [9.17, 15) is 0 Å². The van der Waals surface area contributed by atoms with E-state index in [1.165, 1.54) is 11.1 Å². The van der Waals surface area contributed by atoms with E-state index in [4.69, 9.17) is 9.47 Å². The zero-order valence-electron chi connectivity index (χ0n) is 17.0. The second-order valence-electron chi connectivity index (χ2n) is 8.87. The summed E-state index contributed by atoms with van der Waals surface area (Å²) in [6.45, 7) is 16.6. The average Bonchev–Trinajstić information content (AvgIpc) is 2.41. The number of hydrogen-bond donors (Lipinski definition) is 0. The largest absolute Gasteiger partial charge is 0.491 e. The smallest absolute Gasteiger partial charge is 0.122 e. The summed E-state index contributed by atoms with van der Waals surface area (Å²) in [5.74, 6) is 0.960. The zero-order valence-corrected chi connectivity index (χ0v) is 17.0. The van der Waals surface area contributed by atoms with E-state index in [0.717, 1.165) is 25.3 Å². The standard InChI is InChI=1S/C21H37NO2/c1-17-15-18(21(5,6)16-20(2,3)4)9-10-19(17)24-14-13-23-12-11-22(7)8/h9-10,15H,11-14,16H2,1-8H3. The van der Waals surface area contributed by atoms with Gasteiger partial charge in [-0.05, 0) is 55.5 Å². The lowest BCUT2D eigenvalue weighted by Crippen LogP contribution is -2.25. The quantitative estimate of drug-likeness (QED) is 0.612. The summed E-state index contributed by atoms with van der Waals surface area (Å²) in [6.07, 6.45) is 1.15. The van der Waals surface area contributed by atoms with Crippen LogP contribution >= 0.6 is 0 Å². The highest BCUT2D eigenvalue weighted by atomic mass is 16.5. The van der Waals surface area contributed by atoms with E-state index < -0.39 is 0 Å². The minimum atomic E-state index is 0.164. The Hall–Kier alpha value is -1.06. The molecule has 0 fully saturated rings. The highest BCUT2D eigenvalue weighted by Crippen LogP contribution is 2.37. The van der Waals surface area contributed by atoms with Crippen LogP contribution < -0.4 is 4.74 Å². The van der Waals surface area contributed by atoms with Crippen molar-refractivity contribution in [2.24, 2.45) is 5.41 Å². The van der Waals surface area contributed by atoms with Gasteiger partial charge in [0.2, 0.25) is 0 Å². The molecule has 0 amide bonds. The van der Waals surface area contributed by atoms with Crippen LogP contribution in [0.3, 0.4) is 0 Å². The number of ether oxygens (including phenoxy) is 2. The molecule has 0 radical (unpaired) electrons. The third-order valence-electron chi connectivity index (χ3n) is 4.10. The predicted octanol–water partition coefficient (Wildman–Crippen LogP) is 4.67. The van der Waals surface area contributed by atoms with Crippen molar-refractivity contribution < 1.29 is 9.47 Å². The van der Waals surface area contributed by atoms with Crippen molar-refractivity contribution in [3.8, 4) is 5.75 Å². The first-order valence-electron chi connectivity index (χ1n) is 8.98. The van der Waals surface area contributed by atoms with Crippen LogP contribution in [0.25, 0.3) is 0 Å². The summed E-state index contributed by atoms with van der Waals surface area (Å²) in [7, 11) is 4.10.